The van der Waals surface area contributed by atoms with Crippen LogP contribution in [0.5, 0.6) is 0 Å². The van der Waals surface area contributed by atoms with Crippen LogP contribution in [0.3, 0.4) is 0 Å². The van der Waals surface area contributed by atoms with E-state index in [4.69, 9.17) is 5.11 Å². The Morgan fingerprint density at radius 2 is 2.45 bits per heavy atom. The van der Waals surface area contributed by atoms with Crippen LogP contribution in [-0.2, 0) is 4.79 Å². The van der Waals surface area contributed by atoms with Gasteiger partial charge in [0.15, 0.2) is 0 Å². The fourth-order valence-corrected chi connectivity index (χ4v) is 1.29. The van der Waals surface area contributed by atoms with E-state index in [-0.39, 0.29) is 5.91 Å². The summed E-state index contributed by atoms with van der Waals surface area (Å²) in [6.45, 7) is 3.64. The summed E-state index contributed by atoms with van der Waals surface area (Å²) in [4.78, 5) is 12.8. The Morgan fingerprint density at radius 3 is 2.91 bits per heavy atom. The van der Waals surface area contributed by atoms with Crippen LogP contribution in [0.4, 0.5) is 0 Å². The zero-order valence-corrected chi connectivity index (χ0v) is 6.92. The van der Waals surface area contributed by atoms with Gasteiger partial charge in [-0.2, -0.15) is 0 Å². The number of carbonyl (C=O) groups is 1. The molecular formula is C8H15NO2. The van der Waals surface area contributed by atoms with Crippen LogP contribution in [0.2, 0.25) is 0 Å². The van der Waals surface area contributed by atoms with Gasteiger partial charge in [0, 0.05) is 13.1 Å². The van der Waals surface area contributed by atoms with Crippen molar-refractivity contribution in [3.05, 3.63) is 0 Å². The molecule has 0 saturated carbocycles. The molecule has 1 heterocycles. The summed E-state index contributed by atoms with van der Waals surface area (Å²) in [5, 5.41) is 9.08. The highest BCUT2D eigenvalue weighted by Gasteiger charge is 2.28. The summed E-state index contributed by atoms with van der Waals surface area (Å²) in [6, 6.07) is 0. The van der Waals surface area contributed by atoms with Gasteiger partial charge >= 0.3 is 0 Å². The first-order valence-electron chi connectivity index (χ1n) is 4.22. The highest BCUT2D eigenvalue weighted by atomic mass is 16.3. The second-order valence-corrected chi connectivity index (χ2v) is 2.98. The molecule has 0 aromatic rings. The molecule has 1 fully saturated rings. The van der Waals surface area contributed by atoms with Gasteiger partial charge < -0.3 is 10.0 Å². The Hall–Kier alpha value is -0.570. The van der Waals surface area contributed by atoms with Crippen LogP contribution in [0, 0.1) is 0 Å². The molecule has 1 aliphatic heterocycles. The monoisotopic (exact) mass is 157 g/mol. The minimum absolute atomic E-state index is 0.0848. The number of rotatable bonds is 3. The molecule has 1 aliphatic rings. The Balaban J connectivity index is 2.30. The molecule has 1 N–H and O–H groups in total. The molecule has 0 spiro atoms. The quantitative estimate of drug-likeness (QED) is 0.643. The molecule has 0 bridgehead atoms. The topological polar surface area (TPSA) is 40.5 Å². The number of aliphatic hydroxyl groups excluding tert-OH is 1. The maximum Gasteiger partial charge on any atom is 0.251 e. The van der Waals surface area contributed by atoms with Crippen molar-refractivity contribution in [2.75, 3.05) is 13.1 Å². The maximum atomic E-state index is 11.1. The van der Waals surface area contributed by atoms with Gasteiger partial charge in [-0.25, -0.2) is 0 Å². The van der Waals surface area contributed by atoms with E-state index in [2.05, 4.69) is 6.92 Å². The Labute approximate surface area is 67.0 Å². The van der Waals surface area contributed by atoms with E-state index in [9.17, 15) is 4.79 Å². The molecule has 0 aromatic heterocycles. The van der Waals surface area contributed by atoms with Crippen LogP contribution in [0.15, 0.2) is 0 Å². The third kappa shape index (κ3) is 1.93. The third-order valence-electron chi connectivity index (χ3n) is 2.05. The fraction of sp³-hybridized carbons (Fsp3) is 0.875. The normalized spacial score (nSPS) is 24.7. The molecule has 0 radical (unpaired) electrons. The lowest BCUT2D eigenvalue weighted by atomic mass is 10.3. The number of likely N-dealkylation sites (tertiary alicyclic amines) is 1. The number of amides is 1. The Morgan fingerprint density at radius 1 is 1.73 bits per heavy atom. The largest absolute Gasteiger partial charge is 0.383 e. The molecule has 1 amide bonds. The standard InChI is InChI=1S/C8H15NO2/c1-2-3-5-9-6-4-7(10)8(9)11/h7,10H,2-6H2,1H3. The summed E-state index contributed by atoms with van der Waals surface area (Å²) >= 11 is 0. The smallest absolute Gasteiger partial charge is 0.251 e. The van der Waals surface area contributed by atoms with Crippen molar-refractivity contribution in [1.82, 2.24) is 4.90 Å². The summed E-state index contributed by atoms with van der Waals surface area (Å²) in [7, 11) is 0. The first-order chi connectivity index (χ1) is 5.25. The van der Waals surface area contributed by atoms with Gasteiger partial charge in [-0.15, -0.1) is 0 Å². The van der Waals surface area contributed by atoms with Gasteiger partial charge in [0.05, 0.1) is 0 Å². The second kappa shape index (κ2) is 3.72. The predicted molar refractivity (Wildman–Crippen MR) is 42.1 cm³/mol. The lowest BCUT2D eigenvalue weighted by molar-refractivity contribution is -0.134. The molecular weight excluding hydrogens is 142 g/mol. The molecule has 0 aliphatic carbocycles. The van der Waals surface area contributed by atoms with Crippen LogP contribution in [0.25, 0.3) is 0 Å². The van der Waals surface area contributed by atoms with Gasteiger partial charge in [-0.05, 0) is 12.8 Å². The fourth-order valence-electron chi connectivity index (χ4n) is 1.29. The van der Waals surface area contributed by atoms with Gasteiger partial charge in [0.25, 0.3) is 5.91 Å². The highest BCUT2D eigenvalue weighted by molar-refractivity contribution is 5.82. The molecule has 1 rings (SSSR count). The molecule has 11 heavy (non-hydrogen) atoms. The summed E-state index contributed by atoms with van der Waals surface area (Å²) in [5.74, 6) is -0.0848. The van der Waals surface area contributed by atoms with E-state index >= 15 is 0 Å². The van der Waals surface area contributed by atoms with Crippen LogP contribution in [-0.4, -0.2) is 35.1 Å². The number of hydrogen-bond acceptors (Lipinski definition) is 2. The van der Waals surface area contributed by atoms with E-state index in [0.29, 0.717) is 6.42 Å². The number of carbonyl (C=O) groups excluding carboxylic acids is 1. The van der Waals surface area contributed by atoms with E-state index in [1.807, 2.05) is 0 Å². The zero-order valence-electron chi connectivity index (χ0n) is 6.92. The lowest BCUT2D eigenvalue weighted by Gasteiger charge is -2.14. The first-order valence-corrected chi connectivity index (χ1v) is 4.22. The molecule has 64 valence electrons. The van der Waals surface area contributed by atoms with Crippen molar-refractivity contribution in [2.24, 2.45) is 0 Å². The van der Waals surface area contributed by atoms with Crippen molar-refractivity contribution < 1.29 is 9.90 Å². The van der Waals surface area contributed by atoms with Gasteiger partial charge in [0.2, 0.25) is 0 Å². The Kier molecular flexibility index (Phi) is 2.88. The molecule has 1 saturated heterocycles. The first kappa shape index (κ1) is 8.53. The zero-order chi connectivity index (χ0) is 8.27. The lowest BCUT2D eigenvalue weighted by Crippen LogP contribution is -2.30. The second-order valence-electron chi connectivity index (χ2n) is 2.98. The number of nitrogens with zero attached hydrogens (tertiary/aromatic N) is 1. The van der Waals surface area contributed by atoms with E-state index < -0.39 is 6.10 Å². The van der Waals surface area contributed by atoms with E-state index in [1.165, 1.54) is 0 Å². The highest BCUT2D eigenvalue weighted by Crippen LogP contribution is 2.11. The molecule has 3 heteroatoms. The SMILES string of the molecule is CCCCN1CCC(O)C1=O. The van der Waals surface area contributed by atoms with Crippen molar-refractivity contribution >= 4 is 5.91 Å². The van der Waals surface area contributed by atoms with Crippen molar-refractivity contribution in [3.63, 3.8) is 0 Å². The third-order valence-corrected chi connectivity index (χ3v) is 2.05. The van der Waals surface area contributed by atoms with Crippen LogP contribution >= 0.6 is 0 Å². The minimum atomic E-state index is -0.716. The number of aliphatic hydroxyl groups is 1. The average molecular weight is 157 g/mol. The van der Waals surface area contributed by atoms with Gasteiger partial charge in [-0.1, -0.05) is 13.3 Å². The minimum Gasteiger partial charge on any atom is -0.383 e. The van der Waals surface area contributed by atoms with E-state index in [1.54, 1.807) is 4.90 Å². The Bertz CT molecular complexity index is 147. The van der Waals surface area contributed by atoms with Gasteiger partial charge in [0.1, 0.15) is 6.10 Å². The van der Waals surface area contributed by atoms with Crippen molar-refractivity contribution in [3.8, 4) is 0 Å². The molecule has 0 aromatic carbocycles. The summed E-state index contributed by atoms with van der Waals surface area (Å²) in [5.41, 5.74) is 0. The van der Waals surface area contributed by atoms with E-state index in [0.717, 1.165) is 25.9 Å². The summed E-state index contributed by atoms with van der Waals surface area (Å²) < 4.78 is 0. The molecule has 1 atom stereocenters. The average Bonchev–Trinajstić information content (AvgIpc) is 2.31. The van der Waals surface area contributed by atoms with Crippen LogP contribution in [0.1, 0.15) is 26.2 Å². The van der Waals surface area contributed by atoms with Crippen LogP contribution < -0.4 is 0 Å². The van der Waals surface area contributed by atoms with Crippen molar-refractivity contribution in [1.29, 1.82) is 0 Å². The van der Waals surface area contributed by atoms with Crippen molar-refractivity contribution in [2.45, 2.75) is 32.3 Å². The maximum absolute atomic E-state index is 11.1. The number of unbranched alkanes of at least 4 members (excludes halogenated alkanes) is 1. The predicted octanol–water partition coefficient (Wildman–Crippen LogP) is 0.380. The molecule has 3 nitrogen and oxygen atoms in total. The van der Waals surface area contributed by atoms with Gasteiger partial charge in [-0.3, -0.25) is 4.79 Å². The summed E-state index contributed by atoms with van der Waals surface area (Å²) in [6.07, 6.45) is 2.04. The number of hydrogen-bond donors (Lipinski definition) is 1. The molecule has 1 unspecified atom stereocenters.